The van der Waals surface area contributed by atoms with Crippen molar-refractivity contribution in [1.29, 1.82) is 10.8 Å². The summed E-state index contributed by atoms with van der Waals surface area (Å²) in [6.45, 7) is 0. The van der Waals surface area contributed by atoms with Gasteiger partial charge in [-0.1, -0.05) is 18.2 Å². The number of benzene rings is 3. The van der Waals surface area contributed by atoms with Crippen molar-refractivity contribution >= 4 is 45.2 Å². The lowest BCUT2D eigenvalue weighted by atomic mass is 10.0. The van der Waals surface area contributed by atoms with Gasteiger partial charge in [0.05, 0.1) is 11.0 Å². The van der Waals surface area contributed by atoms with Gasteiger partial charge in [-0.05, 0) is 53.6 Å². The van der Waals surface area contributed by atoms with Gasteiger partial charge in [-0.3, -0.25) is 10.8 Å². The van der Waals surface area contributed by atoms with E-state index in [9.17, 15) is 0 Å². The second-order valence-corrected chi connectivity index (χ2v) is 8.40. The van der Waals surface area contributed by atoms with E-state index in [1.54, 1.807) is 23.9 Å². The van der Waals surface area contributed by atoms with Crippen LogP contribution in [0.1, 0.15) is 0 Å². The molecule has 0 unspecified atom stereocenters. The number of nitrogens with two attached hydrogens (primary N) is 1. The molecule has 5 rings (SSSR count). The molecule has 0 spiro atoms. The fraction of sp³-hybridized carbons (Fsp3) is 0.115. The molecule has 176 valence electrons. The molecule has 0 saturated carbocycles. The van der Waals surface area contributed by atoms with Crippen LogP contribution >= 0.6 is 0 Å². The highest BCUT2D eigenvalue weighted by molar-refractivity contribution is 5.99. The first-order valence-electron chi connectivity index (χ1n) is 11.1. The fourth-order valence-electron chi connectivity index (χ4n) is 4.14. The van der Waals surface area contributed by atoms with Crippen LogP contribution in [0.3, 0.4) is 0 Å². The van der Waals surface area contributed by atoms with E-state index in [0.29, 0.717) is 5.96 Å². The summed E-state index contributed by atoms with van der Waals surface area (Å²) in [5, 5.41) is 19.5. The van der Waals surface area contributed by atoms with Gasteiger partial charge in [0.25, 0.3) is 0 Å². The number of aromatic nitrogens is 3. The van der Waals surface area contributed by atoms with E-state index in [0.717, 1.165) is 55.8 Å². The molecule has 3 aromatic carbocycles. The third kappa shape index (κ3) is 3.93. The first-order chi connectivity index (χ1) is 16.9. The number of guanidine groups is 2. The van der Waals surface area contributed by atoms with Crippen molar-refractivity contribution in [3.8, 4) is 22.5 Å². The first-order valence-corrected chi connectivity index (χ1v) is 11.1. The van der Waals surface area contributed by atoms with Crippen molar-refractivity contribution < 1.29 is 0 Å². The second-order valence-electron chi connectivity index (χ2n) is 8.40. The van der Waals surface area contributed by atoms with Crippen LogP contribution in [0.15, 0.2) is 66.9 Å². The van der Waals surface area contributed by atoms with Crippen LogP contribution in [0.4, 0.5) is 11.4 Å². The molecule has 0 fully saturated rings. The van der Waals surface area contributed by atoms with Gasteiger partial charge in [-0.15, -0.1) is 0 Å². The first kappa shape index (κ1) is 22.0. The maximum absolute atomic E-state index is 8.01. The van der Waals surface area contributed by atoms with E-state index >= 15 is 0 Å². The van der Waals surface area contributed by atoms with Crippen LogP contribution in [0.25, 0.3) is 44.5 Å². The van der Waals surface area contributed by atoms with Crippen molar-refractivity contribution in [2.24, 2.45) is 5.73 Å². The molecule has 0 saturated heterocycles. The van der Waals surface area contributed by atoms with Crippen molar-refractivity contribution in [3.05, 3.63) is 66.9 Å². The van der Waals surface area contributed by atoms with Crippen LogP contribution in [-0.4, -0.2) is 48.0 Å². The van der Waals surface area contributed by atoms with Gasteiger partial charge in [0.15, 0.2) is 11.9 Å². The number of nitrogens with one attached hydrogen (secondary N) is 5. The van der Waals surface area contributed by atoms with E-state index in [2.05, 4.69) is 33.5 Å². The average Bonchev–Trinajstić information content (AvgIpc) is 3.50. The summed E-state index contributed by atoms with van der Waals surface area (Å²) in [6, 6.07) is 20.2. The molecule has 35 heavy (non-hydrogen) atoms. The van der Waals surface area contributed by atoms with Gasteiger partial charge in [0.2, 0.25) is 0 Å². The Labute approximate surface area is 202 Å². The third-order valence-electron chi connectivity index (χ3n) is 6.31. The number of H-pyrrole nitrogens is 2. The summed E-state index contributed by atoms with van der Waals surface area (Å²) in [5.41, 5.74) is 13.3. The molecule has 0 atom stereocenters. The molecule has 9 heteroatoms. The monoisotopic (exact) mass is 465 g/mol. The van der Waals surface area contributed by atoms with Gasteiger partial charge in [-0.2, -0.15) is 0 Å². The number of nitrogens with zero attached hydrogens (tertiary/aromatic N) is 3. The Kier molecular flexibility index (Phi) is 5.37. The van der Waals surface area contributed by atoms with E-state index in [4.69, 9.17) is 21.5 Å². The Balaban J connectivity index is 1.51. The zero-order chi connectivity index (χ0) is 24.7. The maximum Gasteiger partial charge on any atom is 0.195 e. The van der Waals surface area contributed by atoms with Crippen molar-refractivity contribution in [1.82, 2.24) is 20.3 Å². The number of anilines is 2. The minimum Gasteiger partial charge on any atom is -0.370 e. The standard InChI is InChI=1S/C26H27N9/c1-30-26(29)35(3)18-9-11-22-23(13-18)33-24(32-22)20-14-31-21-10-6-16(12-19(20)21)15-4-7-17(8-5-15)34(2)25(27)28/h4-14,31H,1-3H3,(H3,27,28)(H2,29,30)(H,32,33). The van der Waals surface area contributed by atoms with Crippen molar-refractivity contribution in [2.45, 2.75) is 0 Å². The molecule has 2 aromatic heterocycles. The summed E-state index contributed by atoms with van der Waals surface area (Å²) in [7, 11) is 5.35. The van der Waals surface area contributed by atoms with E-state index < -0.39 is 0 Å². The number of aromatic amines is 2. The van der Waals surface area contributed by atoms with Crippen molar-refractivity contribution in [2.75, 3.05) is 30.9 Å². The number of hydrogen-bond acceptors (Lipinski definition) is 3. The topological polar surface area (TPSA) is 137 Å². The smallest absolute Gasteiger partial charge is 0.195 e. The van der Waals surface area contributed by atoms with Crippen LogP contribution < -0.4 is 20.9 Å². The predicted octanol–water partition coefficient (Wildman–Crippen LogP) is 4.30. The Morgan fingerprint density at radius 3 is 2.31 bits per heavy atom. The highest BCUT2D eigenvalue weighted by Gasteiger charge is 2.14. The van der Waals surface area contributed by atoms with E-state index in [-0.39, 0.29) is 5.96 Å². The molecular formula is C26H27N9. The largest absolute Gasteiger partial charge is 0.370 e. The maximum atomic E-state index is 8.01. The molecule has 0 bridgehead atoms. The van der Waals surface area contributed by atoms with Gasteiger partial charge in [0.1, 0.15) is 5.82 Å². The predicted molar refractivity (Wildman–Crippen MR) is 144 cm³/mol. The minimum absolute atomic E-state index is 0.000954. The summed E-state index contributed by atoms with van der Waals surface area (Å²) in [5.74, 6) is 1.10. The SMILES string of the molecule is CNC(=N)N(C)c1ccc2nc(-c3c[nH]c4ccc(-c5ccc(N(C)C(=N)N)cc5)cc34)[nH]c2c1. The van der Waals surface area contributed by atoms with E-state index in [1.165, 1.54) is 0 Å². The highest BCUT2D eigenvalue weighted by Crippen LogP contribution is 2.33. The number of hydrogen-bond donors (Lipinski definition) is 6. The molecule has 0 radical (unpaired) electrons. The molecular weight excluding hydrogens is 438 g/mol. The lowest BCUT2D eigenvalue weighted by Crippen LogP contribution is -2.35. The number of rotatable bonds is 4. The molecule has 2 heterocycles. The van der Waals surface area contributed by atoms with E-state index in [1.807, 2.05) is 55.7 Å². The third-order valence-corrected chi connectivity index (χ3v) is 6.31. The molecule has 0 aliphatic carbocycles. The zero-order valence-electron chi connectivity index (χ0n) is 19.8. The zero-order valence-corrected chi connectivity index (χ0v) is 19.8. The Bertz CT molecular complexity index is 1560. The second kappa shape index (κ2) is 8.53. The molecule has 0 amide bonds. The normalized spacial score (nSPS) is 11.1. The van der Waals surface area contributed by atoms with Crippen LogP contribution in [-0.2, 0) is 0 Å². The molecule has 0 aliphatic heterocycles. The number of fused-ring (bicyclic) bond motifs is 2. The minimum atomic E-state index is 0.000954. The molecule has 9 nitrogen and oxygen atoms in total. The van der Waals surface area contributed by atoms with Gasteiger partial charge in [-0.25, -0.2) is 4.98 Å². The molecule has 7 N–H and O–H groups in total. The summed E-state index contributed by atoms with van der Waals surface area (Å²) in [6.07, 6.45) is 1.97. The number of imidazole rings is 1. The van der Waals surface area contributed by atoms with Crippen LogP contribution in [0.5, 0.6) is 0 Å². The summed E-state index contributed by atoms with van der Waals surface area (Å²) in [4.78, 5) is 15.0. The van der Waals surface area contributed by atoms with Gasteiger partial charge in [0, 0.05) is 55.2 Å². The van der Waals surface area contributed by atoms with Crippen LogP contribution in [0, 0.1) is 10.8 Å². The van der Waals surface area contributed by atoms with Crippen molar-refractivity contribution in [3.63, 3.8) is 0 Å². The average molecular weight is 466 g/mol. The lowest BCUT2D eigenvalue weighted by molar-refractivity contribution is 1.06. The van der Waals surface area contributed by atoms with Gasteiger partial charge >= 0.3 is 0 Å². The molecule has 5 aromatic rings. The summed E-state index contributed by atoms with van der Waals surface area (Å²) >= 11 is 0. The van der Waals surface area contributed by atoms with Gasteiger partial charge < -0.3 is 30.8 Å². The Morgan fingerprint density at radius 1 is 0.886 bits per heavy atom. The summed E-state index contributed by atoms with van der Waals surface area (Å²) < 4.78 is 0. The fourth-order valence-corrected chi connectivity index (χ4v) is 4.14. The Hall–Kier alpha value is -4.79. The quantitative estimate of drug-likeness (QED) is 0.174. The Morgan fingerprint density at radius 2 is 1.60 bits per heavy atom. The highest BCUT2D eigenvalue weighted by atomic mass is 15.3. The van der Waals surface area contributed by atoms with Crippen LogP contribution in [0.2, 0.25) is 0 Å². The molecule has 0 aliphatic rings. The lowest BCUT2D eigenvalue weighted by Gasteiger charge is -2.19.